The lowest BCUT2D eigenvalue weighted by Crippen LogP contribution is -2.15. The highest BCUT2D eigenvalue weighted by Crippen LogP contribution is 2.44. The maximum Gasteiger partial charge on any atom is 0.00127 e. The first kappa shape index (κ1) is 15.6. The summed E-state index contributed by atoms with van der Waals surface area (Å²) in [6, 6.07) is 0. The molecule has 0 bridgehead atoms. The predicted octanol–water partition coefficient (Wildman–Crippen LogP) is 6.45. The highest BCUT2D eigenvalue weighted by Gasteiger charge is 2.30. The van der Waals surface area contributed by atoms with Gasteiger partial charge in [-0.25, -0.2) is 0 Å². The Morgan fingerprint density at radius 2 is 2.10 bits per heavy atom. The van der Waals surface area contributed by atoms with Crippen LogP contribution in [0, 0.1) is 17.8 Å². The molecule has 0 aromatic rings. The molecule has 0 saturated carbocycles. The Bertz CT molecular complexity index is 429. The van der Waals surface area contributed by atoms with Crippen molar-refractivity contribution in [1.82, 2.24) is 0 Å². The van der Waals surface area contributed by atoms with Crippen LogP contribution in [0.3, 0.4) is 0 Å². The molecule has 20 heavy (non-hydrogen) atoms. The van der Waals surface area contributed by atoms with Crippen molar-refractivity contribution in [2.45, 2.75) is 73.1 Å². The molecule has 2 aliphatic rings. The molecule has 2 aliphatic carbocycles. The van der Waals surface area contributed by atoms with E-state index in [1.165, 1.54) is 44.1 Å². The van der Waals surface area contributed by atoms with Crippen molar-refractivity contribution in [3.05, 3.63) is 34.4 Å². The third-order valence-corrected chi connectivity index (χ3v) is 5.57. The molecule has 0 N–H and O–H groups in total. The zero-order valence-corrected chi connectivity index (χ0v) is 14.1. The second-order valence-electron chi connectivity index (χ2n) is 7.38. The summed E-state index contributed by atoms with van der Waals surface area (Å²) in [5, 5.41) is 0. The number of hydrogen-bond acceptors (Lipinski definition) is 0. The molecule has 0 saturated heterocycles. The molecule has 0 radical (unpaired) electrons. The highest BCUT2D eigenvalue weighted by molar-refractivity contribution is 5.34. The summed E-state index contributed by atoms with van der Waals surface area (Å²) in [6.45, 7) is 11.6. The minimum absolute atomic E-state index is 0.786. The van der Waals surface area contributed by atoms with E-state index in [1.807, 2.05) is 0 Å². The third kappa shape index (κ3) is 3.65. The van der Waals surface area contributed by atoms with Crippen LogP contribution in [-0.2, 0) is 0 Å². The lowest BCUT2D eigenvalue weighted by Gasteiger charge is -2.25. The van der Waals surface area contributed by atoms with Crippen LogP contribution in [0.5, 0.6) is 0 Å². The quantitative estimate of drug-likeness (QED) is 0.516. The predicted molar refractivity (Wildman–Crippen MR) is 89.7 cm³/mol. The molecule has 0 aromatic carbocycles. The Hall–Kier alpha value is -0.780. The SMILES string of the molecule is CC(C)=CCCC(C)C1CCC(C)=C2CC=C(C)C2C1. The number of fused-ring (bicyclic) bond motifs is 1. The lowest BCUT2D eigenvalue weighted by atomic mass is 9.79. The maximum atomic E-state index is 2.48. The van der Waals surface area contributed by atoms with Gasteiger partial charge in [0.2, 0.25) is 0 Å². The molecule has 0 spiro atoms. The molecular formula is C20H32. The smallest absolute Gasteiger partial charge is 0.00127 e. The van der Waals surface area contributed by atoms with E-state index in [2.05, 4.69) is 46.8 Å². The van der Waals surface area contributed by atoms with Crippen LogP contribution in [0.2, 0.25) is 0 Å². The molecule has 3 unspecified atom stereocenters. The summed E-state index contributed by atoms with van der Waals surface area (Å²) in [5.74, 6) is 2.57. The largest absolute Gasteiger partial charge is 0.0859 e. The van der Waals surface area contributed by atoms with Gasteiger partial charge in [-0.2, -0.15) is 0 Å². The Kier molecular flexibility index (Phi) is 5.29. The fourth-order valence-electron chi connectivity index (χ4n) is 4.00. The van der Waals surface area contributed by atoms with E-state index in [9.17, 15) is 0 Å². The monoisotopic (exact) mass is 272 g/mol. The van der Waals surface area contributed by atoms with Gasteiger partial charge in [-0.3, -0.25) is 0 Å². The molecule has 0 heterocycles. The minimum atomic E-state index is 0.786. The summed E-state index contributed by atoms with van der Waals surface area (Å²) in [4.78, 5) is 0. The van der Waals surface area contributed by atoms with Gasteiger partial charge >= 0.3 is 0 Å². The van der Waals surface area contributed by atoms with Crippen LogP contribution in [0.25, 0.3) is 0 Å². The molecule has 0 nitrogen and oxygen atoms in total. The van der Waals surface area contributed by atoms with Crippen molar-refractivity contribution in [1.29, 1.82) is 0 Å². The van der Waals surface area contributed by atoms with Crippen LogP contribution in [0.15, 0.2) is 34.4 Å². The summed E-state index contributed by atoms with van der Waals surface area (Å²) >= 11 is 0. The molecule has 0 aromatic heterocycles. The van der Waals surface area contributed by atoms with Gasteiger partial charge in [-0.05, 0) is 78.1 Å². The van der Waals surface area contributed by atoms with Crippen molar-refractivity contribution in [3.8, 4) is 0 Å². The normalized spacial score (nSPS) is 27.8. The average Bonchev–Trinajstić information content (AvgIpc) is 2.65. The molecule has 112 valence electrons. The van der Waals surface area contributed by atoms with Crippen molar-refractivity contribution >= 4 is 0 Å². The first-order valence-corrected chi connectivity index (χ1v) is 8.47. The first-order chi connectivity index (χ1) is 9.49. The Morgan fingerprint density at radius 1 is 1.35 bits per heavy atom. The summed E-state index contributed by atoms with van der Waals surface area (Å²) in [5.41, 5.74) is 6.57. The molecule has 0 amide bonds. The summed E-state index contributed by atoms with van der Waals surface area (Å²) < 4.78 is 0. The van der Waals surface area contributed by atoms with Gasteiger partial charge in [0.25, 0.3) is 0 Å². The van der Waals surface area contributed by atoms with Gasteiger partial charge in [0.15, 0.2) is 0 Å². The zero-order chi connectivity index (χ0) is 14.7. The van der Waals surface area contributed by atoms with E-state index in [0.717, 1.165) is 17.8 Å². The molecule has 3 atom stereocenters. The first-order valence-electron chi connectivity index (χ1n) is 8.47. The van der Waals surface area contributed by atoms with Crippen molar-refractivity contribution in [2.24, 2.45) is 17.8 Å². The van der Waals surface area contributed by atoms with E-state index in [1.54, 1.807) is 16.7 Å². The van der Waals surface area contributed by atoms with Crippen molar-refractivity contribution in [3.63, 3.8) is 0 Å². The molecule has 0 heteroatoms. The Balaban J connectivity index is 1.98. The number of hydrogen-bond donors (Lipinski definition) is 0. The standard InChI is InChI=1S/C20H32/c1-14(2)7-6-8-15(3)18-11-9-16(4)19-12-10-17(5)20(19)13-18/h7,10,15,18,20H,6,8-9,11-13H2,1-5H3. The third-order valence-electron chi connectivity index (χ3n) is 5.57. The lowest BCUT2D eigenvalue weighted by molar-refractivity contribution is 0.288. The fourth-order valence-corrected chi connectivity index (χ4v) is 4.00. The van der Waals surface area contributed by atoms with Crippen molar-refractivity contribution in [2.75, 3.05) is 0 Å². The molecule has 0 aliphatic heterocycles. The topological polar surface area (TPSA) is 0 Å². The van der Waals surface area contributed by atoms with E-state index in [-0.39, 0.29) is 0 Å². The maximum absolute atomic E-state index is 2.48. The van der Waals surface area contributed by atoms with Gasteiger partial charge in [0.1, 0.15) is 0 Å². The van der Waals surface area contributed by atoms with Gasteiger partial charge in [0, 0.05) is 5.92 Å². The molecule has 0 fully saturated rings. The summed E-state index contributed by atoms with van der Waals surface area (Å²) in [7, 11) is 0. The van der Waals surface area contributed by atoms with E-state index in [0.29, 0.717) is 0 Å². The number of rotatable bonds is 4. The minimum Gasteiger partial charge on any atom is -0.0859 e. The van der Waals surface area contributed by atoms with Crippen LogP contribution in [-0.4, -0.2) is 0 Å². The Labute approximate surface area is 126 Å². The van der Waals surface area contributed by atoms with Crippen LogP contribution >= 0.6 is 0 Å². The second kappa shape index (κ2) is 6.78. The zero-order valence-electron chi connectivity index (χ0n) is 14.1. The van der Waals surface area contributed by atoms with Gasteiger partial charge in [0.05, 0.1) is 0 Å². The Morgan fingerprint density at radius 3 is 2.80 bits per heavy atom. The van der Waals surface area contributed by atoms with E-state index >= 15 is 0 Å². The van der Waals surface area contributed by atoms with E-state index < -0.39 is 0 Å². The van der Waals surface area contributed by atoms with Crippen LogP contribution in [0.1, 0.15) is 73.1 Å². The summed E-state index contributed by atoms with van der Waals surface area (Å²) in [6.07, 6.45) is 12.9. The average molecular weight is 272 g/mol. The van der Waals surface area contributed by atoms with Crippen molar-refractivity contribution < 1.29 is 0 Å². The molecule has 2 rings (SSSR count). The van der Waals surface area contributed by atoms with Gasteiger partial charge in [-0.15, -0.1) is 0 Å². The molecular weight excluding hydrogens is 240 g/mol. The van der Waals surface area contributed by atoms with Gasteiger partial charge < -0.3 is 0 Å². The fraction of sp³-hybridized carbons (Fsp3) is 0.700. The van der Waals surface area contributed by atoms with Gasteiger partial charge in [-0.1, -0.05) is 41.4 Å². The number of allylic oxidation sites excluding steroid dienone is 6. The van der Waals surface area contributed by atoms with Crippen LogP contribution < -0.4 is 0 Å². The van der Waals surface area contributed by atoms with E-state index in [4.69, 9.17) is 0 Å². The van der Waals surface area contributed by atoms with Crippen LogP contribution in [0.4, 0.5) is 0 Å². The highest BCUT2D eigenvalue weighted by atomic mass is 14.4. The second-order valence-corrected chi connectivity index (χ2v) is 7.38.